The van der Waals surface area contributed by atoms with E-state index in [9.17, 15) is 4.79 Å². The third-order valence-corrected chi connectivity index (χ3v) is 4.15. The predicted molar refractivity (Wildman–Crippen MR) is 83.0 cm³/mol. The van der Waals surface area contributed by atoms with E-state index < -0.39 is 0 Å². The molecule has 0 N–H and O–H groups in total. The smallest absolute Gasteiger partial charge is 0.289 e. The van der Waals surface area contributed by atoms with Crippen molar-refractivity contribution in [2.75, 3.05) is 33.8 Å². The summed E-state index contributed by atoms with van der Waals surface area (Å²) >= 11 is 0. The standard InChI is InChI=1S/C17H20N2O3/c1-18-8-9-19(17(20)16-7-4-10-22-16)12-15(18)13-5-3-6-14(11-13)21-2/h3-7,10-11,15H,8-9,12H2,1-2H3. The summed E-state index contributed by atoms with van der Waals surface area (Å²) in [5.74, 6) is 1.18. The number of nitrogens with zero attached hydrogens (tertiary/aromatic N) is 2. The second kappa shape index (κ2) is 6.23. The molecule has 1 aliphatic rings. The summed E-state index contributed by atoms with van der Waals surface area (Å²) in [7, 11) is 3.75. The molecule has 2 heterocycles. The zero-order chi connectivity index (χ0) is 15.5. The Hall–Kier alpha value is -2.27. The quantitative estimate of drug-likeness (QED) is 0.873. The maximum absolute atomic E-state index is 12.5. The molecule has 1 aromatic carbocycles. The summed E-state index contributed by atoms with van der Waals surface area (Å²) in [6, 6.07) is 11.6. The summed E-state index contributed by atoms with van der Waals surface area (Å²) in [5.41, 5.74) is 1.15. The van der Waals surface area contributed by atoms with Crippen LogP contribution >= 0.6 is 0 Å². The van der Waals surface area contributed by atoms with Gasteiger partial charge in [0.1, 0.15) is 5.75 Å². The molecule has 5 heteroatoms. The van der Waals surface area contributed by atoms with Crippen LogP contribution in [0.4, 0.5) is 0 Å². The highest BCUT2D eigenvalue weighted by Crippen LogP contribution is 2.27. The van der Waals surface area contributed by atoms with Crippen LogP contribution in [-0.4, -0.2) is 49.5 Å². The molecule has 0 radical (unpaired) electrons. The fourth-order valence-corrected chi connectivity index (χ4v) is 2.82. The van der Waals surface area contributed by atoms with Crippen LogP contribution in [0.15, 0.2) is 47.1 Å². The number of rotatable bonds is 3. The normalized spacial score (nSPS) is 19.2. The van der Waals surface area contributed by atoms with Gasteiger partial charge in [-0.25, -0.2) is 0 Å². The third kappa shape index (κ3) is 2.85. The van der Waals surface area contributed by atoms with Gasteiger partial charge >= 0.3 is 0 Å². The Morgan fingerprint density at radius 3 is 2.86 bits per heavy atom. The fourth-order valence-electron chi connectivity index (χ4n) is 2.82. The Labute approximate surface area is 130 Å². The maximum Gasteiger partial charge on any atom is 0.289 e. The third-order valence-electron chi connectivity index (χ3n) is 4.15. The van der Waals surface area contributed by atoms with Crippen LogP contribution in [0.25, 0.3) is 0 Å². The molecule has 116 valence electrons. The first-order chi connectivity index (χ1) is 10.7. The molecular formula is C17H20N2O3. The van der Waals surface area contributed by atoms with Crippen LogP contribution in [-0.2, 0) is 0 Å². The highest BCUT2D eigenvalue weighted by Gasteiger charge is 2.30. The van der Waals surface area contributed by atoms with Crippen LogP contribution in [0.5, 0.6) is 5.75 Å². The van der Waals surface area contributed by atoms with Gasteiger partial charge in [-0.1, -0.05) is 12.1 Å². The molecule has 0 aliphatic carbocycles. The monoisotopic (exact) mass is 300 g/mol. The first-order valence-corrected chi connectivity index (χ1v) is 7.36. The largest absolute Gasteiger partial charge is 0.497 e. The van der Waals surface area contributed by atoms with E-state index >= 15 is 0 Å². The number of amides is 1. The Morgan fingerprint density at radius 1 is 1.27 bits per heavy atom. The van der Waals surface area contributed by atoms with Gasteiger partial charge in [0.05, 0.1) is 19.4 Å². The molecule has 1 fully saturated rings. The molecule has 1 atom stereocenters. The average molecular weight is 300 g/mol. The van der Waals surface area contributed by atoms with Crippen LogP contribution in [0, 0.1) is 0 Å². The number of hydrogen-bond donors (Lipinski definition) is 0. The number of furan rings is 1. The molecule has 2 aromatic rings. The van der Waals surface area contributed by atoms with E-state index in [0.717, 1.165) is 17.9 Å². The van der Waals surface area contributed by atoms with Crippen LogP contribution in [0.3, 0.4) is 0 Å². The minimum atomic E-state index is -0.0500. The van der Waals surface area contributed by atoms with E-state index in [-0.39, 0.29) is 11.9 Å². The molecule has 22 heavy (non-hydrogen) atoms. The zero-order valence-corrected chi connectivity index (χ0v) is 12.9. The van der Waals surface area contributed by atoms with Gasteiger partial charge in [-0.3, -0.25) is 9.69 Å². The highest BCUT2D eigenvalue weighted by atomic mass is 16.5. The number of likely N-dealkylation sites (N-methyl/N-ethyl adjacent to an activating group) is 1. The molecule has 1 saturated heterocycles. The molecular weight excluding hydrogens is 280 g/mol. The van der Waals surface area contributed by atoms with Crippen molar-refractivity contribution < 1.29 is 13.9 Å². The Balaban J connectivity index is 1.80. The number of hydrogen-bond acceptors (Lipinski definition) is 4. The van der Waals surface area contributed by atoms with Crippen LogP contribution < -0.4 is 4.74 Å². The van der Waals surface area contributed by atoms with Crippen molar-refractivity contribution in [2.24, 2.45) is 0 Å². The summed E-state index contributed by atoms with van der Waals surface area (Å²) < 4.78 is 10.5. The van der Waals surface area contributed by atoms with Crippen molar-refractivity contribution in [1.82, 2.24) is 9.80 Å². The number of benzene rings is 1. The van der Waals surface area contributed by atoms with Crippen molar-refractivity contribution in [3.05, 3.63) is 54.0 Å². The van der Waals surface area contributed by atoms with Crippen molar-refractivity contribution >= 4 is 5.91 Å². The Kier molecular flexibility index (Phi) is 4.15. The molecule has 1 unspecified atom stereocenters. The van der Waals surface area contributed by atoms with E-state index in [1.165, 1.54) is 6.26 Å². The van der Waals surface area contributed by atoms with E-state index in [1.54, 1.807) is 19.2 Å². The van der Waals surface area contributed by atoms with Gasteiger partial charge in [-0.05, 0) is 36.9 Å². The summed E-state index contributed by atoms with van der Waals surface area (Å²) in [5, 5.41) is 0. The SMILES string of the molecule is COc1cccc(C2CN(C(=O)c3ccco3)CCN2C)c1. The summed E-state index contributed by atoms with van der Waals surface area (Å²) in [6.45, 7) is 2.17. The van der Waals surface area contributed by atoms with Gasteiger partial charge in [0.15, 0.2) is 5.76 Å². The number of carbonyl (C=O) groups is 1. The lowest BCUT2D eigenvalue weighted by Crippen LogP contribution is -2.48. The lowest BCUT2D eigenvalue weighted by Gasteiger charge is -2.39. The number of carbonyl (C=O) groups excluding carboxylic acids is 1. The minimum Gasteiger partial charge on any atom is -0.497 e. The molecule has 1 aliphatic heterocycles. The summed E-state index contributed by atoms with van der Waals surface area (Å²) in [6.07, 6.45) is 1.53. The number of piperazine rings is 1. The van der Waals surface area contributed by atoms with Gasteiger partial charge in [0.25, 0.3) is 5.91 Å². The molecule has 5 nitrogen and oxygen atoms in total. The van der Waals surface area contributed by atoms with Crippen molar-refractivity contribution in [3.63, 3.8) is 0 Å². The molecule has 0 spiro atoms. The van der Waals surface area contributed by atoms with Crippen molar-refractivity contribution in [3.8, 4) is 5.75 Å². The first kappa shape index (κ1) is 14.7. The van der Waals surface area contributed by atoms with Crippen molar-refractivity contribution in [2.45, 2.75) is 6.04 Å². The van der Waals surface area contributed by atoms with Gasteiger partial charge in [-0.2, -0.15) is 0 Å². The average Bonchev–Trinajstić information content (AvgIpc) is 3.09. The topological polar surface area (TPSA) is 45.9 Å². The second-order valence-electron chi connectivity index (χ2n) is 5.50. The van der Waals surface area contributed by atoms with Gasteiger partial charge in [0, 0.05) is 19.6 Å². The van der Waals surface area contributed by atoms with Crippen molar-refractivity contribution in [1.29, 1.82) is 0 Å². The lowest BCUT2D eigenvalue weighted by molar-refractivity contribution is 0.0517. The van der Waals surface area contributed by atoms with Gasteiger partial charge < -0.3 is 14.1 Å². The molecule has 1 aromatic heterocycles. The Morgan fingerprint density at radius 2 is 2.14 bits per heavy atom. The van der Waals surface area contributed by atoms with E-state index in [4.69, 9.17) is 9.15 Å². The van der Waals surface area contributed by atoms with Crippen LogP contribution in [0.1, 0.15) is 22.2 Å². The van der Waals surface area contributed by atoms with Gasteiger partial charge in [-0.15, -0.1) is 0 Å². The number of methoxy groups -OCH3 is 1. The van der Waals surface area contributed by atoms with E-state index in [0.29, 0.717) is 18.8 Å². The fraction of sp³-hybridized carbons (Fsp3) is 0.353. The molecule has 0 saturated carbocycles. The summed E-state index contributed by atoms with van der Waals surface area (Å²) in [4.78, 5) is 16.6. The Bertz CT molecular complexity index is 639. The molecule has 3 rings (SSSR count). The first-order valence-electron chi connectivity index (χ1n) is 7.36. The van der Waals surface area contributed by atoms with Gasteiger partial charge in [0.2, 0.25) is 0 Å². The maximum atomic E-state index is 12.5. The molecule has 0 bridgehead atoms. The van der Waals surface area contributed by atoms with E-state index in [2.05, 4.69) is 18.0 Å². The number of ether oxygens (including phenoxy) is 1. The minimum absolute atomic E-state index is 0.0500. The lowest BCUT2D eigenvalue weighted by atomic mass is 10.0. The second-order valence-corrected chi connectivity index (χ2v) is 5.50. The zero-order valence-electron chi connectivity index (χ0n) is 12.9. The van der Waals surface area contributed by atoms with Crippen LogP contribution in [0.2, 0.25) is 0 Å². The highest BCUT2D eigenvalue weighted by molar-refractivity contribution is 5.91. The van der Waals surface area contributed by atoms with E-state index in [1.807, 2.05) is 23.1 Å². The molecule has 1 amide bonds. The predicted octanol–water partition coefficient (Wildman–Crippen LogP) is 2.42.